The number of rotatable bonds is 3. The summed E-state index contributed by atoms with van der Waals surface area (Å²) in [6.07, 6.45) is 1.70. The van der Waals surface area contributed by atoms with E-state index in [1.807, 2.05) is 38.1 Å². The Morgan fingerprint density at radius 1 is 1.33 bits per heavy atom. The summed E-state index contributed by atoms with van der Waals surface area (Å²) in [6, 6.07) is 7.88. The van der Waals surface area contributed by atoms with Gasteiger partial charge in [0.15, 0.2) is 0 Å². The molecule has 80 valence electrons. The zero-order valence-corrected chi connectivity index (χ0v) is 9.25. The molecule has 0 N–H and O–H groups in total. The molecule has 1 unspecified atom stereocenters. The molecule has 1 aliphatic carbocycles. The van der Waals surface area contributed by atoms with Gasteiger partial charge in [-0.25, -0.2) is 0 Å². The van der Waals surface area contributed by atoms with Crippen LogP contribution in [0.5, 0.6) is 5.75 Å². The van der Waals surface area contributed by atoms with Crippen molar-refractivity contribution in [2.75, 3.05) is 6.61 Å². The lowest BCUT2D eigenvalue weighted by Gasteiger charge is -2.36. The van der Waals surface area contributed by atoms with Crippen LogP contribution in [0.3, 0.4) is 0 Å². The topological polar surface area (TPSA) is 26.3 Å². The van der Waals surface area contributed by atoms with Crippen molar-refractivity contribution >= 4 is 5.78 Å². The summed E-state index contributed by atoms with van der Waals surface area (Å²) >= 11 is 0. The lowest BCUT2D eigenvalue weighted by atomic mass is 9.65. The van der Waals surface area contributed by atoms with E-state index in [1.165, 1.54) is 0 Å². The van der Waals surface area contributed by atoms with Crippen LogP contribution in [0, 0.1) is 0 Å². The van der Waals surface area contributed by atoms with E-state index < -0.39 is 0 Å². The van der Waals surface area contributed by atoms with Gasteiger partial charge >= 0.3 is 0 Å². The van der Waals surface area contributed by atoms with Crippen molar-refractivity contribution in [3.8, 4) is 5.75 Å². The fourth-order valence-corrected chi connectivity index (χ4v) is 1.99. The van der Waals surface area contributed by atoms with Crippen molar-refractivity contribution in [2.45, 2.75) is 32.1 Å². The smallest absolute Gasteiger partial charge is 0.143 e. The lowest BCUT2D eigenvalue weighted by Crippen LogP contribution is -2.41. The van der Waals surface area contributed by atoms with Crippen molar-refractivity contribution in [1.29, 1.82) is 0 Å². The standard InChI is InChI=1S/C13H16O2/c1-3-15-11-6-4-10(5-7-11)13(2)9-8-12(13)14/h4-7H,3,8-9H2,1-2H3. The molecule has 2 heteroatoms. The van der Waals surface area contributed by atoms with Gasteiger partial charge in [0.05, 0.1) is 12.0 Å². The molecule has 1 atom stereocenters. The lowest BCUT2D eigenvalue weighted by molar-refractivity contribution is -0.130. The summed E-state index contributed by atoms with van der Waals surface area (Å²) in [5.41, 5.74) is 0.882. The average molecular weight is 204 g/mol. The molecule has 0 spiro atoms. The van der Waals surface area contributed by atoms with E-state index in [2.05, 4.69) is 0 Å². The van der Waals surface area contributed by atoms with E-state index in [-0.39, 0.29) is 5.41 Å². The van der Waals surface area contributed by atoms with Gasteiger partial charge in [-0.05, 0) is 38.0 Å². The van der Waals surface area contributed by atoms with Crippen LogP contribution in [-0.4, -0.2) is 12.4 Å². The van der Waals surface area contributed by atoms with E-state index >= 15 is 0 Å². The van der Waals surface area contributed by atoms with Crippen molar-refractivity contribution in [3.05, 3.63) is 29.8 Å². The Bertz CT molecular complexity index is 367. The SMILES string of the molecule is CCOc1ccc(C2(C)CCC2=O)cc1. The van der Waals surface area contributed by atoms with Crippen LogP contribution >= 0.6 is 0 Å². The first-order valence-electron chi connectivity index (χ1n) is 5.43. The zero-order chi connectivity index (χ0) is 10.9. The van der Waals surface area contributed by atoms with Crippen LogP contribution < -0.4 is 4.74 Å². The van der Waals surface area contributed by atoms with Crippen LogP contribution in [0.4, 0.5) is 0 Å². The van der Waals surface area contributed by atoms with Crippen LogP contribution in [0.15, 0.2) is 24.3 Å². The Balaban J connectivity index is 2.20. The fraction of sp³-hybridized carbons (Fsp3) is 0.462. The first kappa shape index (κ1) is 10.2. The largest absolute Gasteiger partial charge is 0.494 e. The van der Waals surface area contributed by atoms with Crippen LogP contribution in [0.2, 0.25) is 0 Å². The molecule has 2 nitrogen and oxygen atoms in total. The van der Waals surface area contributed by atoms with Gasteiger partial charge in [-0.3, -0.25) is 4.79 Å². The van der Waals surface area contributed by atoms with Crippen LogP contribution in [-0.2, 0) is 10.2 Å². The van der Waals surface area contributed by atoms with Gasteiger partial charge in [-0.2, -0.15) is 0 Å². The third-order valence-electron chi connectivity index (χ3n) is 3.27. The number of carbonyl (C=O) groups is 1. The molecule has 0 aromatic heterocycles. The second-order valence-electron chi connectivity index (χ2n) is 4.21. The molecule has 0 radical (unpaired) electrons. The highest BCUT2D eigenvalue weighted by molar-refractivity contribution is 5.95. The predicted molar refractivity (Wildman–Crippen MR) is 59.2 cm³/mol. The van der Waals surface area contributed by atoms with Crippen molar-refractivity contribution in [1.82, 2.24) is 0 Å². The number of ketones is 1. The molecule has 1 aromatic rings. The Morgan fingerprint density at radius 2 is 2.00 bits per heavy atom. The van der Waals surface area contributed by atoms with E-state index in [0.717, 1.165) is 24.2 Å². The van der Waals surface area contributed by atoms with Gasteiger partial charge in [0.1, 0.15) is 11.5 Å². The number of benzene rings is 1. The summed E-state index contributed by atoms with van der Waals surface area (Å²) in [7, 11) is 0. The quantitative estimate of drug-likeness (QED) is 0.756. The number of hydrogen-bond acceptors (Lipinski definition) is 2. The maximum atomic E-state index is 11.5. The van der Waals surface area contributed by atoms with E-state index in [4.69, 9.17) is 4.74 Å². The molecule has 1 fully saturated rings. The maximum absolute atomic E-state index is 11.5. The van der Waals surface area contributed by atoms with Crippen molar-refractivity contribution in [2.24, 2.45) is 0 Å². The molecular weight excluding hydrogens is 188 g/mol. The normalized spacial score (nSPS) is 24.8. The van der Waals surface area contributed by atoms with Crippen LogP contribution in [0.1, 0.15) is 32.3 Å². The summed E-state index contributed by atoms with van der Waals surface area (Å²) in [6.45, 7) is 4.66. The number of Topliss-reactive ketones (excluding diaryl/α,β-unsaturated/α-hetero) is 1. The number of ether oxygens (including phenoxy) is 1. The Labute approximate surface area is 90.3 Å². The minimum absolute atomic E-state index is 0.231. The average Bonchev–Trinajstić information content (AvgIpc) is 2.27. The molecule has 0 aliphatic heterocycles. The van der Waals surface area contributed by atoms with Gasteiger partial charge in [-0.15, -0.1) is 0 Å². The Hall–Kier alpha value is -1.31. The summed E-state index contributed by atoms with van der Waals surface area (Å²) in [5, 5.41) is 0. The first-order chi connectivity index (χ1) is 7.16. The zero-order valence-electron chi connectivity index (χ0n) is 9.25. The summed E-state index contributed by atoms with van der Waals surface area (Å²) < 4.78 is 5.37. The molecule has 0 heterocycles. The highest BCUT2D eigenvalue weighted by Gasteiger charge is 2.42. The third-order valence-corrected chi connectivity index (χ3v) is 3.27. The van der Waals surface area contributed by atoms with E-state index in [9.17, 15) is 4.79 Å². The highest BCUT2D eigenvalue weighted by atomic mass is 16.5. The molecular formula is C13H16O2. The predicted octanol–water partition coefficient (Wildman–Crippen LogP) is 2.71. The van der Waals surface area contributed by atoms with Crippen LogP contribution in [0.25, 0.3) is 0 Å². The molecule has 2 rings (SSSR count). The second-order valence-corrected chi connectivity index (χ2v) is 4.21. The monoisotopic (exact) mass is 204 g/mol. The fourth-order valence-electron chi connectivity index (χ4n) is 1.99. The van der Waals surface area contributed by atoms with Gasteiger partial charge in [0, 0.05) is 6.42 Å². The Morgan fingerprint density at radius 3 is 2.40 bits per heavy atom. The third kappa shape index (κ3) is 1.65. The van der Waals surface area contributed by atoms with Gasteiger partial charge < -0.3 is 4.74 Å². The second kappa shape index (κ2) is 3.69. The molecule has 15 heavy (non-hydrogen) atoms. The molecule has 1 saturated carbocycles. The van der Waals surface area contributed by atoms with Gasteiger partial charge in [0.25, 0.3) is 0 Å². The molecule has 0 amide bonds. The van der Waals surface area contributed by atoms with Gasteiger partial charge in [-0.1, -0.05) is 12.1 Å². The minimum atomic E-state index is -0.231. The summed E-state index contributed by atoms with van der Waals surface area (Å²) in [5.74, 6) is 1.23. The molecule has 0 bridgehead atoms. The maximum Gasteiger partial charge on any atom is 0.143 e. The number of hydrogen-bond donors (Lipinski definition) is 0. The molecule has 1 aliphatic rings. The van der Waals surface area contributed by atoms with Crippen molar-refractivity contribution in [3.63, 3.8) is 0 Å². The highest BCUT2D eigenvalue weighted by Crippen LogP contribution is 2.40. The molecule has 0 saturated heterocycles. The van der Waals surface area contributed by atoms with Crippen molar-refractivity contribution < 1.29 is 9.53 Å². The molecule has 1 aromatic carbocycles. The number of carbonyl (C=O) groups excluding carboxylic acids is 1. The Kier molecular flexibility index (Phi) is 2.51. The van der Waals surface area contributed by atoms with E-state index in [1.54, 1.807) is 0 Å². The first-order valence-corrected chi connectivity index (χ1v) is 5.43. The van der Waals surface area contributed by atoms with Gasteiger partial charge in [0.2, 0.25) is 0 Å². The van der Waals surface area contributed by atoms with E-state index in [0.29, 0.717) is 12.4 Å². The summed E-state index contributed by atoms with van der Waals surface area (Å²) in [4.78, 5) is 11.5. The minimum Gasteiger partial charge on any atom is -0.494 e.